The number of hydrogen-bond acceptors (Lipinski definition) is 16. The van der Waals surface area contributed by atoms with E-state index in [2.05, 4.69) is 0 Å². The van der Waals surface area contributed by atoms with E-state index < -0.39 is 66.0 Å². The van der Waals surface area contributed by atoms with Gasteiger partial charge in [-0.2, -0.15) is 0 Å². The predicted molar refractivity (Wildman–Crippen MR) is 392 cm³/mol. The number of benzene rings is 7. The molecular formula is C74H62Cl3F3N12O13. The largest absolute Gasteiger partial charge is 0.459 e. The number of aromatic nitrogens is 3. The molecule has 0 spiro atoms. The van der Waals surface area contributed by atoms with Crippen molar-refractivity contribution in [1.29, 1.82) is 0 Å². The molecule has 0 unspecified atom stereocenters. The highest BCUT2D eigenvalue weighted by molar-refractivity contribution is 6.32. The highest BCUT2D eigenvalue weighted by Gasteiger charge is 2.37. The molecule has 7 heterocycles. The number of nitrogens with zero attached hydrogens (tertiary/aromatic N) is 12. The van der Waals surface area contributed by atoms with Gasteiger partial charge in [0.25, 0.3) is 17.7 Å². The Balaban J connectivity index is 0.000000149. The molecule has 0 radical (unpaired) electrons. The maximum absolute atomic E-state index is 13.5. The summed E-state index contributed by atoms with van der Waals surface area (Å²) < 4.78 is 49.1. The highest BCUT2D eigenvalue weighted by Crippen LogP contribution is 2.39. The summed E-state index contributed by atoms with van der Waals surface area (Å²) in [5, 5.41) is 39.1. The maximum Gasteiger partial charge on any atom is 0.357 e. The molecule has 11 aromatic rings. The van der Waals surface area contributed by atoms with E-state index >= 15 is 0 Å². The van der Waals surface area contributed by atoms with E-state index in [0.29, 0.717) is 102 Å². The molecule has 105 heavy (non-hydrogen) atoms. The summed E-state index contributed by atoms with van der Waals surface area (Å²) in [6.07, 6.45) is 1.42. The molecule has 3 saturated heterocycles. The van der Waals surface area contributed by atoms with Crippen molar-refractivity contribution in [3.05, 3.63) is 298 Å². The minimum Gasteiger partial charge on any atom is -0.459 e. The Morgan fingerprint density at radius 3 is 1.15 bits per heavy atom. The molecule has 3 amide bonds. The third-order valence-corrected chi connectivity index (χ3v) is 19.2. The van der Waals surface area contributed by atoms with Crippen LogP contribution in [0.25, 0.3) is 32.7 Å². The van der Waals surface area contributed by atoms with Crippen molar-refractivity contribution < 1.29 is 46.7 Å². The number of carbonyl (C=O) groups is 3. The Kier molecular flexibility index (Phi) is 21.5. The average Bonchev–Trinajstić information content (AvgIpc) is 0.980. The van der Waals surface area contributed by atoms with Crippen molar-refractivity contribution >= 4 is 119 Å². The van der Waals surface area contributed by atoms with Crippen LogP contribution in [0.5, 0.6) is 0 Å². The Labute approximate surface area is 609 Å². The molecule has 0 bridgehead atoms. The quantitative estimate of drug-likeness (QED) is 0.0766. The molecule has 0 aliphatic carbocycles. The number of furan rings is 1. The molecule has 3 aliphatic rings. The van der Waals surface area contributed by atoms with Crippen LogP contribution in [0.4, 0.5) is 47.3 Å². The maximum atomic E-state index is 13.5. The number of rotatable bonds is 13. The van der Waals surface area contributed by atoms with Crippen LogP contribution in [0.1, 0.15) is 48.0 Å². The van der Waals surface area contributed by atoms with Gasteiger partial charge in [0.15, 0.2) is 5.76 Å². The molecule has 31 heteroatoms. The molecule has 7 aromatic carbocycles. The predicted octanol–water partition coefficient (Wildman–Crippen LogP) is 12.5. The van der Waals surface area contributed by atoms with Gasteiger partial charge >= 0.3 is 33.7 Å². The molecule has 25 nitrogen and oxygen atoms in total. The number of piperazine rings is 3. The van der Waals surface area contributed by atoms with E-state index in [0.717, 1.165) is 5.56 Å². The van der Waals surface area contributed by atoms with Crippen molar-refractivity contribution in [2.45, 2.75) is 20.0 Å². The second kappa shape index (κ2) is 31.0. The summed E-state index contributed by atoms with van der Waals surface area (Å²) in [6, 6.07) is 41.5. The van der Waals surface area contributed by atoms with Crippen LogP contribution < -0.4 is 31.4 Å². The number of halogens is 6. The number of amides is 3. The fourth-order valence-electron chi connectivity index (χ4n) is 13.2. The lowest BCUT2D eigenvalue weighted by Crippen LogP contribution is -2.49. The first kappa shape index (κ1) is 72.9. The van der Waals surface area contributed by atoms with E-state index in [9.17, 15) is 72.3 Å². The summed E-state index contributed by atoms with van der Waals surface area (Å²) in [5.74, 6) is -1.74. The van der Waals surface area contributed by atoms with Crippen molar-refractivity contribution in [3.8, 4) is 0 Å². The van der Waals surface area contributed by atoms with Crippen LogP contribution in [-0.4, -0.2) is 139 Å². The van der Waals surface area contributed by atoms with Crippen molar-refractivity contribution in [2.24, 2.45) is 7.05 Å². The van der Waals surface area contributed by atoms with Crippen LogP contribution in [0.15, 0.2) is 189 Å². The lowest BCUT2D eigenvalue weighted by Gasteiger charge is -2.36. The van der Waals surface area contributed by atoms with E-state index in [-0.39, 0.29) is 100 Å². The first-order chi connectivity index (χ1) is 50.3. The number of carbonyl (C=O) groups excluding carboxylic acids is 3. The first-order valence-corrected chi connectivity index (χ1v) is 33.9. The van der Waals surface area contributed by atoms with Crippen molar-refractivity contribution in [1.82, 2.24) is 28.4 Å². The van der Waals surface area contributed by atoms with Gasteiger partial charge in [0.05, 0.1) is 50.7 Å². The minimum absolute atomic E-state index is 0.00167. The summed E-state index contributed by atoms with van der Waals surface area (Å²) in [7, 11) is 1.54. The third kappa shape index (κ3) is 15.4. The second-order valence-corrected chi connectivity index (χ2v) is 26.2. The summed E-state index contributed by atoms with van der Waals surface area (Å²) in [6.45, 7) is 5.55. The lowest BCUT2D eigenvalue weighted by atomic mass is 10.1. The second-order valence-electron chi connectivity index (χ2n) is 24.9. The fourth-order valence-corrected chi connectivity index (χ4v) is 13.7. The Morgan fingerprint density at radius 2 is 0.771 bits per heavy atom. The number of nitro groups is 3. The molecule has 4 aromatic heterocycles. The average molecular weight is 1490 g/mol. The zero-order valence-electron chi connectivity index (χ0n) is 56.0. The monoisotopic (exact) mass is 1490 g/mol. The normalized spacial score (nSPS) is 13.9. The summed E-state index contributed by atoms with van der Waals surface area (Å²) >= 11 is 18.4. The lowest BCUT2D eigenvalue weighted by molar-refractivity contribution is -0.385. The van der Waals surface area contributed by atoms with Crippen LogP contribution >= 0.6 is 34.8 Å². The molecule has 538 valence electrons. The standard InChI is InChI=1S/C27H21ClF2N4O4.C25H20ClFN4O5.C22H21ClN4O4/c28-19-5-10-23-22(15-19)24(25(34(37)38)27(36)33(23)16-17-1-6-20(29)7-2-17)31-11-13-32(14-12-31)26(35)18-3-8-21(30)9-4-18;26-17-5-8-20-19(14-17)22(28-9-11-29(12-10-28)24(32)21-2-1-13-36-21)23(31(34)35)25(33)30(20)15-16-3-6-18(27)7-4-16;1-14-3-8-18-17(13-14)19(20(27(30)31)22(29)24(18)2)25-9-11-26(12-10-25)21(28)15-4-6-16(23)7-5-15/h1-10,15H,11-14,16H2;1-8,13-14H,9-12,15H2;3-8,13H,9-12H2,1-2H3. The Hall–Kier alpha value is -11.9. The van der Waals surface area contributed by atoms with Crippen molar-refractivity contribution in [2.75, 3.05) is 93.2 Å². The van der Waals surface area contributed by atoms with Gasteiger partial charge in [0.2, 0.25) is 0 Å². The number of pyridine rings is 3. The minimum atomic E-state index is -0.797. The van der Waals surface area contributed by atoms with Gasteiger partial charge in [0.1, 0.15) is 34.5 Å². The van der Waals surface area contributed by atoms with Gasteiger partial charge in [-0.1, -0.05) is 70.7 Å². The van der Waals surface area contributed by atoms with E-state index in [1.54, 1.807) is 110 Å². The molecular weight excluding hydrogens is 1430 g/mol. The third-order valence-electron chi connectivity index (χ3n) is 18.5. The molecule has 0 saturated carbocycles. The molecule has 0 N–H and O–H groups in total. The van der Waals surface area contributed by atoms with Gasteiger partial charge in [-0.05, 0) is 152 Å². The fraction of sp³-hybridized carbons (Fsp3) is 0.216. The zero-order chi connectivity index (χ0) is 74.7. The summed E-state index contributed by atoms with van der Waals surface area (Å²) in [5.41, 5.74) is 1.39. The first-order valence-electron chi connectivity index (χ1n) is 32.8. The van der Waals surface area contributed by atoms with Crippen LogP contribution in [0, 0.1) is 54.7 Å². The van der Waals surface area contributed by atoms with Gasteiger partial charge in [-0.15, -0.1) is 0 Å². The topological polar surface area (TPSA) is 279 Å². The van der Waals surface area contributed by atoms with Crippen molar-refractivity contribution in [3.63, 3.8) is 0 Å². The highest BCUT2D eigenvalue weighted by atomic mass is 35.5. The van der Waals surface area contributed by atoms with Crippen LogP contribution in [0.3, 0.4) is 0 Å². The number of hydrogen-bond donors (Lipinski definition) is 0. The summed E-state index contributed by atoms with van der Waals surface area (Å²) in [4.78, 5) is 123. The van der Waals surface area contributed by atoms with Crippen LogP contribution in [-0.2, 0) is 20.1 Å². The Morgan fingerprint density at radius 1 is 0.429 bits per heavy atom. The number of anilines is 3. The Bertz CT molecular complexity index is 5410. The van der Waals surface area contributed by atoms with Gasteiger partial charge in [-0.25, -0.2) is 13.2 Å². The molecule has 3 fully saturated rings. The van der Waals surface area contributed by atoms with E-state index in [1.165, 1.54) is 92.8 Å². The van der Waals surface area contributed by atoms with Gasteiger partial charge in [0, 0.05) is 128 Å². The van der Waals surface area contributed by atoms with Gasteiger partial charge < -0.3 is 38.4 Å². The smallest absolute Gasteiger partial charge is 0.357 e. The SMILES string of the molecule is Cc1ccc2c(c1)c(N1CCN(C(=O)c3ccc(Cl)cc3)CC1)c([N+](=O)[O-])c(=O)n2C.O=C(c1ccc(F)cc1)N1CCN(c2c([N+](=O)[O-])c(=O)n(Cc3ccc(F)cc3)c3ccc(Cl)cc23)CC1.O=C(c1ccco1)N1CCN(c2c([N+](=O)[O-])c(=O)n(Cc3ccc(F)cc3)c3ccc(Cl)cc23)CC1. The molecule has 14 rings (SSSR count). The van der Waals surface area contributed by atoms with E-state index in [4.69, 9.17) is 39.2 Å². The number of fused-ring (bicyclic) bond motifs is 3. The van der Waals surface area contributed by atoms with Crippen LogP contribution in [0.2, 0.25) is 15.1 Å². The van der Waals surface area contributed by atoms with Gasteiger partial charge in [-0.3, -0.25) is 68.2 Å². The zero-order valence-corrected chi connectivity index (χ0v) is 58.3. The number of aryl methyl sites for hydroxylation is 2. The molecule has 3 aliphatic heterocycles. The molecule has 0 atom stereocenters. The van der Waals surface area contributed by atoms with E-state index in [1.807, 2.05) is 24.0 Å².